The average Bonchev–Trinajstić information content (AvgIpc) is 2.88. The van der Waals surface area contributed by atoms with Gasteiger partial charge in [0.05, 0.1) is 6.61 Å². The first-order valence-corrected chi connectivity index (χ1v) is 12.2. The van der Waals surface area contributed by atoms with Gasteiger partial charge in [0.15, 0.2) is 5.82 Å². The first kappa shape index (κ1) is 24.6. The Morgan fingerprint density at radius 1 is 1.00 bits per heavy atom. The number of piperazine rings is 1. The molecule has 2 aromatic carbocycles. The third-order valence-corrected chi connectivity index (χ3v) is 6.03. The minimum Gasteiger partial charge on any atom is -0.493 e. The summed E-state index contributed by atoms with van der Waals surface area (Å²) in [5.74, 6) is 1.66. The maximum Gasteiger partial charge on any atom is 0.273 e. The first-order chi connectivity index (χ1) is 17.0. The molecule has 2 heterocycles. The van der Waals surface area contributed by atoms with Crippen LogP contribution in [0.5, 0.6) is 5.75 Å². The molecule has 35 heavy (non-hydrogen) atoms. The highest BCUT2D eigenvalue weighted by Crippen LogP contribution is 2.19. The zero-order valence-corrected chi connectivity index (χ0v) is 20.4. The van der Waals surface area contributed by atoms with E-state index in [2.05, 4.69) is 46.1 Å². The molecule has 0 bridgehead atoms. The monoisotopic (exact) mass is 475 g/mol. The van der Waals surface area contributed by atoms with E-state index in [1.54, 1.807) is 0 Å². The van der Waals surface area contributed by atoms with Crippen molar-refractivity contribution in [2.24, 2.45) is 5.92 Å². The second-order valence-corrected chi connectivity index (χ2v) is 9.32. The van der Waals surface area contributed by atoms with Gasteiger partial charge in [-0.25, -0.2) is 0 Å². The Balaban J connectivity index is 1.26. The van der Waals surface area contributed by atoms with Crippen molar-refractivity contribution in [3.8, 4) is 17.1 Å². The molecular formula is C27H33N5O3. The number of carbonyl (C=O) groups excluding carboxylic acids is 1. The second-order valence-electron chi connectivity index (χ2n) is 9.32. The molecule has 1 N–H and O–H groups in total. The van der Waals surface area contributed by atoms with Gasteiger partial charge in [0.25, 0.3) is 5.56 Å². The lowest BCUT2D eigenvalue weighted by Crippen LogP contribution is -2.48. The Morgan fingerprint density at radius 2 is 1.71 bits per heavy atom. The number of aryl methyl sites for hydroxylation is 1. The predicted molar refractivity (Wildman–Crippen MR) is 135 cm³/mol. The van der Waals surface area contributed by atoms with E-state index in [9.17, 15) is 9.59 Å². The largest absolute Gasteiger partial charge is 0.493 e. The van der Waals surface area contributed by atoms with Crippen LogP contribution in [0, 0.1) is 5.92 Å². The van der Waals surface area contributed by atoms with Gasteiger partial charge in [-0.2, -0.15) is 0 Å². The van der Waals surface area contributed by atoms with Gasteiger partial charge in [-0.3, -0.25) is 14.5 Å². The summed E-state index contributed by atoms with van der Waals surface area (Å²) in [6, 6.07) is 17.7. The van der Waals surface area contributed by atoms with Gasteiger partial charge in [0, 0.05) is 51.1 Å². The van der Waals surface area contributed by atoms with Crippen molar-refractivity contribution < 1.29 is 9.53 Å². The molecule has 8 nitrogen and oxygen atoms in total. The van der Waals surface area contributed by atoms with Gasteiger partial charge in [0.2, 0.25) is 5.91 Å². The molecule has 1 saturated heterocycles. The van der Waals surface area contributed by atoms with E-state index in [0.717, 1.165) is 30.9 Å². The van der Waals surface area contributed by atoms with E-state index in [0.29, 0.717) is 31.4 Å². The molecule has 8 heteroatoms. The molecular weight excluding hydrogens is 442 g/mol. The third-order valence-electron chi connectivity index (χ3n) is 6.03. The topological polar surface area (TPSA) is 91.4 Å². The molecule has 0 saturated carbocycles. The lowest BCUT2D eigenvalue weighted by molar-refractivity contribution is -0.133. The van der Waals surface area contributed by atoms with Crippen molar-refractivity contribution in [1.29, 1.82) is 0 Å². The van der Waals surface area contributed by atoms with Crippen LogP contribution in [0.4, 0.5) is 0 Å². The van der Waals surface area contributed by atoms with Crippen molar-refractivity contribution in [2.45, 2.75) is 33.2 Å². The van der Waals surface area contributed by atoms with Gasteiger partial charge in [-0.05, 0) is 35.7 Å². The zero-order chi connectivity index (χ0) is 24.6. The molecule has 1 aliphatic heterocycles. The van der Waals surface area contributed by atoms with E-state index in [4.69, 9.17) is 4.74 Å². The van der Waals surface area contributed by atoms with Crippen molar-refractivity contribution in [3.63, 3.8) is 0 Å². The summed E-state index contributed by atoms with van der Waals surface area (Å²) in [7, 11) is 0. The Bertz CT molecular complexity index is 1150. The van der Waals surface area contributed by atoms with Crippen molar-refractivity contribution in [1.82, 2.24) is 25.0 Å². The number of nitrogens with one attached hydrogen (secondary N) is 1. The number of rotatable bonds is 9. The quantitative estimate of drug-likeness (QED) is 0.511. The summed E-state index contributed by atoms with van der Waals surface area (Å²) in [6.07, 6.45) is 0.519. The summed E-state index contributed by atoms with van der Waals surface area (Å²) >= 11 is 0. The van der Waals surface area contributed by atoms with Gasteiger partial charge in [-0.15, -0.1) is 10.2 Å². The highest BCUT2D eigenvalue weighted by atomic mass is 16.5. The molecule has 0 unspecified atom stereocenters. The minimum atomic E-state index is -0.310. The minimum absolute atomic E-state index is 0.0478. The molecule has 0 radical (unpaired) electrons. The number of aromatic nitrogens is 3. The van der Waals surface area contributed by atoms with Crippen LogP contribution in [-0.4, -0.2) is 63.7 Å². The number of ether oxygens (including phenoxy) is 1. The summed E-state index contributed by atoms with van der Waals surface area (Å²) in [4.78, 5) is 32.3. The molecule has 1 amide bonds. The van der Waals surface area contributed by atoms with Crippen LogP contribution in [0.15, 0.2) is 59.4 Å². The van der Waals surface area contributed by atoms with Crippen LogP contribution in [0.25, 0.3) is 11.4 Å². The SMILES string of the molecule is CC(C)COc1ccc(-c2nnc(CCC(=O)N3CCN(Cc4ccccc4)CC3)c(=O)[nH]2)cc1. The fourth-order valence-electron chi connectivity index (χ4n) is 4.01. The number of nitrogens with zero attached hydrogens (tertiary/aromatic N) is 4. The van der Waals surface area contributed by atoms with Gasteiger partial charge >= 0.3 is 0 Å². The highest BCUT2D eigenvalue weighted by molar-refractivity contribution is 5.76. The number of amides is 1. The maximum absolute atomic E-state index is 12.7. The molecule has 0 atom stereocenters. The number of H-pyrrole nitrogens is 1. The van der Waals surface area contributed by atoms with E-state index in [1.165, 1.54) is 5.56 Å². The summed E-state index contributed by atoms with van der Waals surface area (Å²) in [6.45, 7) is 8.82. The highest BCUT2D eigenvalue weighted by Gasteiger charge is 2.21. The molecule has 1 aromatic heterocycles. The Kier molecular flexibility index (Phi) is 8.26. The van der Waals surface area contributed by atoms with Gasteiger partial charge < -0.3 is 14.6 Å². The molecule has 4 rings (SSSR count). The smallest absolute Gasteiger partial charge is 0.273 e. The lowest BCUT2D eigenvalue weighted by Gasteiger charge is -2.34. The number of hydrogen-bond donors (Lipinski definition) is 1. The molecule has 3 aromatic rings. The maximum atomic E-state index is 12.7. The van der Waals surface area contributed by atoms with Crippen LogP contribution in [0.3, 0.4) is 0 Å². The molecule has 1 fully saturated rings. The zero-order valence-electron chi connectivity index (χ0n) is 20.4. The van der Waals surface area contributed by atoms with E-state index in [-0.39, 0.29) is 30.0 Å². The summed E-state index contributed by atoms with van der Waals surface area (Å²) < 4.78 is 5.69. The van der Waals surface area contributed by atoms with Crippen LogP contribution in [0.2, 0.25) is 0 Å². The number of carbonyl (C=O) groups is 1. The summed E-state index contributed by atoms with van der Waals surface area (Å²) in [5, 5.41) is 8.28. The average molecular weight is 476 g/mol. The number of benzene rings is 2. The summed E-state index contributed by atoms with van der Waals surface area (Å²) in [5.41, 5.74) is 2.00. The normalized spacial score (nSPS) is 14.3. The Morgan fingerprint density at radius 3 is 2.37 bits per heavy atom. The fourth-order valence-corrected chi connectivity index (χ4v) is 4.01. The third kappa shape index (κ3) is 6.99. The van der Waals surface area contributed by atoms with E-state index < -0.39 is 0 Å². The van der Waals surface area contributed by atoms with Crippen LogP contribution < -0.4 is 10.3 Å². The molecule has 1 aliphatic rings. The Hall–Kier alpha value is -3.52. The predicted octanol–water partition coefficient (Wildman–Crippen LogP) is 3.14. The van der Waals surface area contributed by atoms with Gasteiger partial charge in [0.1, 0.15) is 11.4 Å². The number of hydrogen-bond acceptors (Lipinski definition) is 6. The van der Waals surface area contributed by atoms with E-state index >= 15 is 0 Å². The standard InChI is InChI=1S/C27H33N5O3/c1-20(2)19-35-23-10-8-22(9-11-23)26-28-27(34)24(29-30-26)12-13-25(33)32-16-14-31(15-17-32)18-21-6-4-3-5-7-21/h3-11,20H,12-19H2,1-2H3,(H,28,30,34). The Labute approximate surface area is 206 Å². The van der Waals surface area contributed by atoms with Gasteiger partial charge in [-0.1, -0.05) is 44.2 Å². The van der Waals surface area contributed by atoms with Crippen LogP contribution >= 0.6 is 0 Å². The fraction of sp³-hybridized carbons (Fsp3) is 0.407. The molecule has 0 spiro atoms. The lowest BCUT2D eigenvalue weighted by atomic mass is 10.1. The van der Waals surface area contributed by atoms with Crippen molar-refractivity contribution in [3.05, 3.63) is 76.2 Å². The molecule has 0 aliphatic carbocycles. The van der Waals surface area contributed by atoms with Crippen LogP contribution in [0.1, 0.15) is 31.5 Å². The van der Waals surface area contributed by atoms with Crippen molar-refractivity contribution >= 4 is 5.91 Å². The number of aromatic amines is 1. The van der Waals surface area contributed by atoms with Crippen molar-refractivity contribution in [2.75, 3.05) is 32.8 Å². The first-order valence-electron chi connectivity index (χ1n) is 12.2. The van der Waals surface area contributed by atoms with E-state index in [1.807, 2.05) is 47.4 Å². The second kappa shape index (κ2) is 11.8. The van der Waals surface area contributed by atoms with Crippen LogP contribution in [-0.2, 0) is 17.8 Å². The molecule has 184 valence electrons.